The predicted molar refractivity (Wildman–Crippen MR) is 53.5 cm³/mol. The van der Waals surface area contributed by atoms with Crippen LogP contribution in [0.4, 0.5) is 0 Å². The van der Waals surface area contributed by atoms with Crippen LogP contribution >= 0.6 is 0 Å². The first-order chi connectivity index (χ1) is 6.26. The van der Waals surface area contributed by atoms with E-state index in [1.807, 2.05) is 7.11 Å². The maximum atomic E-state index is 6.21. The maximum Gasteiger partial charge on any atom is 0.0778 e. The predicted octanol–water partition coefficient (Wildman–Crippen LogP) is 2.07. The van der Waals surface area contributed by atoms with Crippen molar-refractivity contribution in [3.8, 4) is 0 Å². The highest BCUT2D eigenvalue weighted by Gasteiger charge is 2.49. The molecule has 2 fully saturated rings. The van der Waals surface area contributed by atoms with E-state index in [1.165, 1.54) is 44.9 Å². The van der Waals surface area contributed by atoms with Crippen LogP contribution in [0.15, 0.2) is 0 Å². The Balaban J connectivity index is 1.94. The van der Waals surface area contributed by atoms with Gasteiger partial charge in [-0.15, -0.1) is 0 Å². The minimum absolute atomic E-state index is 0.0523. The molecule has 0 radical (unpaired) electrons. The Bertz CT molecular complexity index is 171. The molecule has 0 heterocycles. The van der Waals surface area contributed by atoms with Gasteiger partial charge in [-0.3, -0.25) is 0 Å². The topological polar surface area (TPSA) is 35.2 Å². The fourth-order valence-corrected chi connectivity index (χ4v) is 2.76. The lowest BCUT2D eigenvalue weighted by atomic mass is 9.82. The number of rotatable bonds is 3. The molecule has 2 N–H and O–H groups in total. The van der Waals surface area contributed by atoms with Crippen molar-refractivity contribution in [2.75, 3.05) is 7.11 Å². The molecule has 0 aliphatic heterocycles. The molecule has 2 saturated carbocycles. The highest BCUT2D eigenvalue weighted by Crippen LogP contribution is 2.43. The molecule has 2 rings (SSSR count). The molecule has 0 aromatic carbocycles. The molecule has 0 amide bonds. The lowest BCUT2D eigenvalue weighted by Gasteiger charge is -2.33. The zero-order valence-corrected chi connectivity index (χ0v) is 8.59. The summed E-state index contributed by atoms with van der Waals surface area (Å²) in [6, 6.07) is 0. The van der Waals surface area contributed by atoms with Crippen LogP contribution in [0, 0.1) is 5.92 Å². The average Bonchev–Trinajstić information content (AvgIpc) is 2.87. The summed E-state index contributed by atoms with van der Waals surface area (Å²) < 4.78 is 5.59. The van der Waals surface area contributed by atoms with Crippen LogP contribution in [0.1, 0.15) is 44.9 Å². The molecule has 2 aliphatic rings. The third kappa shape index (κ3) is 1.89. The number of nitrogens with two attached hydrogens (primary N) is 1. The van der Waals surface area contributed by atoms with Crippen molar-refractivity contribution < 1.29 is 4.74 Å². The van der Waals surface area contributed by atoms with Gasteiger partial charge in [-0.25, -0.2) is 0 Å². The van der Waals surface area contributed by atoms with Crippen molar-refractivity contribution >= 4 is 0 Å². The van der Waals surface area contributed by atoms with E-state index in [2.05, 4.69) is 0 Å². The second-order valence-electron chi connectivity index (χ2n) is 4.79. The normalized spacial score (nSPS) is 30.0. The van der Waals surface area contributed by atoms with E-state index in [0.717, 1.165) is 5.92 Å². The van der Waals surface area contributed by atoms with Crippen LogP contribution in [0.5, 0.6) is 0 Å². The lowest BCUT2D eigenvalue weighted by molar-refractivity contribution is 0.0104. The van der Waals surface area contributed by atoms with E-state index in [9.17, 15) is 0 Å². The molecule has 2 heteroatoms. The molecule has 2 aliphatic carbocycles. The van der Waals surface area contributed by atoms with Gasteiger partial charge in [0.25, 0.3) is 0 Å². The van der Waals surface area contributed by atoms with Gasteiger partial charge >= 0.3 is 0 Å². The van der Waals surface area contributed by atoms with E-state index < -0.39 is 0 Å². The van der Waals surface area contributed by atoms with Crippen molar-refractivity contribution in [3.63, 3.8) is 0 Å². The molecule has 0 spiro atoms. The third-order valence-electron chi connectivity index (χ3n) is 3.73. The summed E-state index contributed by atoms with van der Waals surface area (Å²) in [4.78, 5) is 0. The summed E-state index contributed by atoms with van der Waals surface area (Å²) >= 11 is 0. The molecular formula is C11H21NO. The van der Waals surface area contributed by atoms with Gasteiger partial charge in [-0.2, -0.15) is 0 Å². The van der Waals surface area contributed by atoms with Crippen LogP contribution in [-0.2, 0) is 4.74 Å². The summed E-state index contributed by atoms with van der Waals surface area (Å²) in [5.74, 6) is 0.742. The van der Waals surface area contributed by atoms with E-state index in [1.54, 1.807) is 0 Å². The lowest BCUT2D eigenvalue weighted by Crippen LogP contribution is -2.44. The zero-order chi connectivity index (χ0) is 9.31. The maximum absolute atomic E-state index is 6.21. The van der Waals surface area contributed by atoms with Gasteiger partial charge in [0.05, 0.1) is 6.10 Å². The van der Waals surface area contributed by atoms with Crippen molar-refractivity contribution in [1.82, 2.24) is 0 Å². The van der Waals surface area contributed by atoms with Crippen LogP contribution in [0.3, 0.4) is 0 Å². The summed E-state index contributed by atoms with van der Waals surface area (Å²) in [6.45, 7) is 0. The summed E-state index contributed by atoms with van der Waals surface area (Å²) in [5, 5.41) is 0. The smallest absolute Gasteiger partial charge is 0.0778 e. The Morgan fingerprint density at radius 2 is 1.85 bits per heavy atom. The molecule has 1 atom stereocenters. The number of methoxy groups -OCH3 is 1. The first-order valence-corrected chi connectivity index (χ1v) is 5.58. The molecule has 0 saturated heterocycles. The molecular weight excluding hydrogens is 162 g/mol. The summed E-state index contributed by atoms with van der Waals surface area (Å²) in [5.41, 5.74) is 6.26. The first kappa shape index (κ1) is 9.47. The summed E-state index contributed by atoms with van der Waals surface area (Å²) in [7, 11) is 1.83. The number of ether oxygens (including phenoxy) is 1. The first-order valence-electron chi connectivity index (χ1n) is 5.58. The molecule has 2 nitrogen and oxygen atoms in total. The van der Waals surface area contributed by atoms with Gasteiger partial charge in [0, 0.05) is 12.6 Å². The van der Waals surface area contributed by atoms with Gasteiger partial charge in [0.1, 0.15) is 0 Å². The standard InChI is InChI=1S/C11H21NO/c1-13-10(11(12)7-8-11)9-5-3-2-4-6-9/h9-10H,2-8,12H2,1H3. The van der Waals surface area contributed by atoms with Crippen molar-refractivity contribution in [3.05, 3.63) is 0 Å². The highest BCUT2D eigenvalue weighted by molar-refractivity contribution is 5.07. The van der Waals surface area contributed by atoms with Gasteiger partial charge in [-0.05, 0) is 31.6 Å². The monoisotopic (exact) mass is 183 g/mol. The Morgan fingerprint density at radius 1 is 1.23 bits per heavy atom. The fraction of sp³-hybridized carbons (Fsp3) is 1.00. The summed E-state index contributed by atoms with van der Waals surface area (Å²) in [6.07, 6.45) is 9.50. The van der Waals surface area contributed by atoms with Crippen LogP contribution in [-0.4, -0.2) is 18.8 Å². The van der Waals surface area contributed by atoms with Gasteiger partial charge in [0.15, 0.2) is 0 Å². The SMILES string of the molecule is COC(C1CCCCC1)C1(N)CC1. The third-order valence-corrected chi connectivity index (χ3v) is 3.73. The van der Waals surface area contributed by atoms with Crippen LogP contribution in [0.2, 0.25) is 0 Å². The van der Waals surface area contributed by atoms with Crippen LogP contribution < -0.4 is 5.73 Å². The molecule has 13 heavy (non-hydrogen) atoms. The highest BCUT2D eigenvalue weighted by atomic mass is 16.5. The molecule has 0 bridgehead atoms. The van der Waals surface area contributed by atoms with E-state index in [4.69, 9.17) is 10.5 Å². The number of hydrogen-bond donors (Lipinski definition) is 1. The minimum Gasteiger partial charge on any atom is -0.379 e. The Kier molecular flexibility index (Phi) is 2.61. The number of hydrogen-bond acceptors (Lipinski definition) is 2. The van der Waals surface area contributed by atoms with Gasteiger partial charge in [-0.1, -0.05) is 19.3 Å². The van der Waals surface area contributed by atoms with E-state index >= 15 is 0 Å². The average molecular weight is 183 g/mol. The second-order valence-corrected chi connectivity index (χ2v) is 4.79. The van der Waals surface area contributed by atoms with Crippen molar-refractivity contribution in [1.29, 1.82) is 0 Å². The minimum atomic E-state index is 0.0523. The van der Waals surface area contributed by atoms with Crippen LogP contribution in [0.25, 0.3) is 0 Å². The molecule has 76 valence electrons. The van der Waals surface area contributed by atoms with Gasteiger partial charge in [0.2, 0.25) is 0 Å². The molecule has 1 unspecified atom stereocenters. The van der Waals surface area contributed by atoms with Crippen molar-refractivity contribution in [2.24, 2.45) is 11.7 Å². The Labute approximate surface area is 80.8 Å². The molecule has 0 aromatic heterocycles. The molecule has 0 aromatic rings. The largest absolute Gasteiger partial charge is 0.379 e. The quantitative estimate of drug-likeness (QED) is 0.727. The Hall–Kier alpha value is -0.0800. The fourth-order valence-electron chi connectivity index (χ4n) is 2.76. The zero-order valence-electron chi connectivity index (χ0n) is 8.59. The van der Waals surface area contributed by atoms with E-state index in [-0.39, 0.29) is 5.54 Å². The van der Waals surface area contributed by atoms with E-state index in [0.29, 0.717) is 6.10 Å². The Morgan fingerprint density at radius 3 is 2.31 bits per heavy atom. The van der Waals surface area contributed by atoms with Crippen molar-refractivity contribution in [2.45, 2.75) is 56.6 Å². The van der Waals surface area contributed by atoms with Gasteiger partial charge < -0.3 is 10.5 Å². The second kappa shape index (κ2) is 3.58.